The fourth-order valence-corrected chi connectivity index (χ4v) is 4.30. The number of hydrogen-bond donors (Lipinski definition) is 2. The maximum absolute atomic E-state index is 12.0. The summed E-state index contributed by atoms with van der Waals surface area (Å²) in [5.41, 5.74) is 6.96. The van der Waals surface area contributed by atoms with E-state index in [2.05, 4.69) is 12.2 Å². The van der Waals surface area contributed by atoms with E-state index in [4.69, 9.17) is 17.3 Å². The van der Waals surface area contributed by atoms with Crippen molar-refractivity contribution in [3.8, 4) is 0 Å². The average Bonchev–Trinajstić information content (AvgIpc) is 2.43. The molecule has 3 N–H and O–H groups in total. The van der Waals surface area contributed by atoms with E-state index in [9.17, 15) is 4.79 Å². The number of carbonyl (C=O) groups excluding carboxylic acids is 1. The summed E-state index contributed by atoms with van der Waals surface area (Å²) in [6.45, 7) is 2.32. The molecule has 116 valence electrons. The van der Waals surface area contributed by atoms with Crippen molar-refractivity contribution in [2.75, 3.05) is 16.8 Å². The van der Waals surface area contributed by atoms with E-state index in [0.29, 0.717) is 22.8 Å². The third kappa shape index (κ3) is 5.44. The first-order valence-corrected chi connectivity index (χ1v) is 8.93. The van der Waals surface area contributed by atoms with Crippen LogP contribution in [0.15, 0.2) is 18.2 Å². The van der Waals surface area contributed by atoms with Gasteiger partial charge in [0.2, 0.25) is 5.91 Å². The smallest absolute Gasteiger partial charge is 0.225 e. The molecular formula is C16H23ClN2OS. The van der Waals surface area contributed by atoms with Crippen molar-refractivity contribution in [2.45, 2.75) is 44.3 Å². The summed E-state index contributed by atoms with van der Waals surface area (Å²) in [5, 5.41) is 4.13. The molecule has 1 aromatic carbocycles. The molecule has 0 aliphatic heterocycles. The van der Waals surface area contributed by atoms with Crippen LogP contribution in [0.1, 0.15) is 39.0 Å². The normalized spacial score (nSPS) is 22.0. The SMILES string of the molecule is CC1CCCC(SCCC(=O)Nc2cc(Cl)ccc2N)C1. The number of halogens is 1. The van der Waals surface area contributed by atoms with Crippen molar-refractivity contribution in [2.24, 2.45) is 5.92 Å². The van der Waals surface area contributed by atoms with Crippen molar-refractivity contribution in [3.05, 3.63) is 23.2 Å². The van der Waals surface area contributed by atoms with Crippen LogP contribution < -0.4 is 11.1 Å². The number of thioether (sulfide) groups is 1. The third-order valence-electron chi connectivity index (χ3n) is 3.86. The number of amides is 1. The fourth-order valence-electron chi connectivity index (χ4n) is 2.70. The van der Waals surface area contributed by atoms with E-state index in [0.717, 1.165) is 16.9 Å². The van der Waals surface area contributed by atoms with Crippen LogP contribution in [0.2, 0.25) is 5.02 Å². The van der Waals surface area contributed by atoms with Crippen LogP contribution in [-0.2, 0) is 4.79 Å². The highest BCUT2D eigenvalue weighted by atomic mass is 35.5. The lowest BCUT2D eigenvalue weighted by molar-refractivity contribution is -0.115. The summed E-state index contributed by atoms with van der Waals surface area (Å²) >= 11 is 7.84. The van der Waals surface area contributed by atoms with Crippen LogP contribution >= 0.6 is 23.4 Å². The van der Waals surface area contributed by atoms with Gasteiger partial charge in [-0.3, -0.25) is 4.79 Å². The minimum atomic E-state index is 0.000301. The van der Waals surface area contributed by atoms with E-state index in [1.807, 2.05) is 11.8 Å². The van der Waals surface area contributed by atoms with E-state index in [1.165, 1.54) is 25.7 Å². The van der Waals surface area contributed by atoms with E-state index >= 15 is 0 Å². The zero-order chi connectivity index (χ0) is 15.2. The van der Waals surface area contributed by atoms with Crippen molar-refractivity contribution < 1.29 is 4.79 Å². The maximum atomic E-state index is 12.0. The Bertz CT molecular complexity index is 495. The highest BCUT2D eigenvalue weighted by Crippen LogP contribution is 2.32. The first-order valence-electron chi connectivity index (χ1n) is 7.51. The molecule has 21 heavy (non-hydrogen) atoms. The minimum Gasteiger partial charge on any atom is -0.397 e. The summed E-state index contributed by atoms with van der Waals surface area (Å²) in [7, 11) is 0. The third-order valence-corrected chi connectivity index (χ3v) is 5.43. The van der Waals surface area contributed by atoms with Gasteiger partial charge in [-0.05, 0) is 37.0 Å². The van der Waals surface area contributed by atoms with Gasteiger partial charge >= 0.3 is 0 Å². The zero-order valence-corrected chi connectivity index (χ0v) is 14.0. The van der Waals surface area contributed by atoms with Crippen molar-refractivity contribution >= 4 is 40.6 Å². The molecule has 1 aliphatic rings. The Hall–Kier alpha value is -0.870. The number of nitrogen functional groups attached to an aromatic ring is 1. The molecule has 0 spiro atoms. The number of nitrogens with one attached hydrogen (secondary N) is 1. The van der Waals surface area contributed by atoms with Crippen LogP contribution in [0.3, 0.4) is 0 Å². The highest BCUT2D eigenvalue weighted by molar-refractivity contribution is 7.99. The molecule has 0 bridgehead atoms. The standard InChI is InChI=1S/C16H23ClN2OS/c1-11-3-2-4-13(9-11)21-8-7-16(20)19-15-10-12(17)5-6-14(15)18/h5-6,10-11,13H,2-4,7-9,18H2,1H3,(H,19,20). The topological polar surface area (TPSA) is 55.1 Å². The Morgan fingerprint density at radius 3 is 3.05 bits per heavy atom. The predicted octanol–water partition coefficient (Wildman–Crippen LogP) is 4.56. The van der Waals surface area contributed by atoms with Gasteiger partial charge in [0, 0.05) is 22.4 Å². The molecule has 0 heterocycles. The summed E-state index contributed by atoms with van der Waals surface area (Å²) in [5.74, 6) is 1.70. The highest BCUT2D eigenvalue weighted by Gasteiger charge is 2.19. The van der Waals surface area contributed by atoms with Gasteiger partial charge in [-0.25, -0.2) is 0 Å². The van der Waals surface area contributed by atoms with Crippen molar-refractivity contribution in [1.82, 2.24) is 0 Å². The Morgan fingerprint density at radius 1 is 1.48 bits per heavy atom. The second kappa shape index (κ2) is 7.95. The minimum absolute atomic E-state index is 0.000301. The monoisotopic (exact) mass is 326 g/mol. The van der Waals surface area contributed by atoms with Crippen LogP contribution in [0.25, 0.3) is 0 Å². The molecule has 1 aromatic rings. The van der Waals surface area contributed by atoms with E-state index in [1.54, 1.807) is 18.2 Å². The Labute approximate surface area is 136 Å². The molecule has 2 rings (SSSR count). The first kappa shape index (κ1) is 16.5. The largest absolute Gasteiger partial charge is 0.397 e. The molecule has 1 amide bonds. The lowest BCUT2D eigenvalue weighted by atomic mass is 9.91. The van der Waals surface area contributed by atoms with Crippen LogP contribution in [0, 0.1) is 5.92 Å². The van der Waals surface area contributed by atoms with Gasteiger partial charge in [-0.2, -0.15) is 11.8 Å². The molecule has 5 heteroatoms. The molecule has 2 atom stereocenters. The Balaban J connectivity index is 1.73. The number of benzene rings is 1. The molecule has 0 aromatic heterocycles. The number of carbonyl (C=O) groups is 1. The molecule has 1 fully saturated rings. The molecule has 1 aliphatic carbocycles. The van der Waals surface area contributed by atoms with Crippen molar-refractivity contribution in [3.63, 3.8) is 0 Å². The maximum Gasteiger partial charge on any atom is 0.225 e. The lowest BCUT2D eigenvalue weighted by Gasteiger charge is -2.26. The second-order valence-electron chi connectivity index (χ2n) is 5.79. The van der Waals surface area contributed by atoms with Gasteiger partial charge in [0.1, 0.15) is 0 Å². The molecular weight excluding hydrogens is 304 g/mol. The molecule has 0 radical (unpaired) electrons. The molecule has 3 nitrogen and oxygen atoms in total. The predicted molar refractivity (Wildman–Crippen MR) is 93.0 cm³/mol. The second-order valence-corrected chi connectivity index (χ2v) is 7.64. The van der Waals surface area contributed by atoms with Crippen LogP contribution in [0.4, 0.5) is 11.4 Å². The molecule has 2 unspecified atom stereocenters. The van der Waals surface area contributed by atoms with Crippen LogP contribution in [0.5, 0.6) is 0 Å². The van der Waals surface area contributed by atoms with Crippen molar-refractivity contribution in [1.29, 1.82) is 0 Å². The molecule has 1 saturated carbocycles. The number of nitrogens with two attached hydrogens (primary N) is 1. The summed E-state index contributed by atoms with van der Waals surface area (Å²) in [6.07, 6.45) is 5.77. The zero-order valence-electron chi connectivity index (χ0n) is 12.4. The summed E-state index contributed by atoms with van der Waals surface area (Å²) < 4.78 is 0. The van der Waals surface area contributed by atoms with E-state index in [-0.39, 0.29) is 5.91 Å². The summed E-state index contributed by atoms with van der Waals surface area (Å²) in [6, 6.07) is 5.10. The first-order chi connectivity index (χ1) is 10.0. The lowest BCUT2D eigenvalue weighted by Crippen LogP contribution is -2.17. The number of hydrogen-bond acceptors (Lipinski definition) is 3. The quantitative estimate of drug-likeness (QED) is 0.780. The number of rotatable bonds is 5. The van der Waals surface area contributed by atoms with Gasteiger partial charge in [0.05, 0.1) is 11.4 Å². The number of anilines is 2. The summed E-state index contributed by atoms with van der Waals surface area (Å²) in [4.78, 5) is 12.0. The van der Waals surface area contributed by atoms with Gasteiger partial charge in [-0.15, -0.1) is 0 Å². The van der Waals surface area contributed by atoms with Gasteiger partial charge < -0.3 is 11.1 Å². The Kier molecular flexibility index (Phi) is 6.24. The molecule has 0 saturated heterocycles. The fraction of sp³-hybridized carbons (Fsp3) is 0.562. The van der Waals surface area contributed by atoms with Gasteiger partial charge in [0.25, 0.3) is 0 Å². The van der Waals surface area contributed by atoms with Crippen LogP contribution in [-0.4, -0.2) is 16.9 Å². The van der Waals surface area contributed by atoms with Gasteiger partial charge in [0.15, 0.2) is 0 Å². The van der Waals surface area contributed by atoms with Gasteiger partial charge in [-0.1, -0.05) is 31.4 Å². The van der Waals surface area contributed by atoms with E-state index < -0.39 is 0 Å². The Morgan fingerprint density at radius 2 is 2.29 bits per heavy atom. The average molecular weight is 327 g/mol.